The molecule has 2 N–H and O–H groups in total. The van der Waals surface area contributed by atoms with Gasteiger partial charge in [-0.3, -0.25) is 4.72 Å². The Hall–Kier alpha value is -2.54. The van der Waals surface area contributed by atoms with Gasteiger partial charge in [0, 0.05) is 11.8 Å². The maximum absolute atomic E-state index is 12.6. The monoisotopic (exact) mass is 349 g/mol. The highest BCUT2D eigenvalue weighted by atomic mass is 32.2. The van der Waals surface area contributed by atoms with Gasteiger partial charge < -0.3 is 9.84 Å². The van der Waals surface area contributed by atoms with E-state index in [9.17, 15) is 13.2 Å². The average molecular weight is 349 g/mol. The first-order valence-corrected chi connectivity index (χ1v) is 8.83. The lowest BCUT2D eigenvalue weighted by Gasteiger charge is -2.14. The average Bonchev–Trinajstić information content (AvgIpc) is 2.50. The minimum Gasteiger partial charge on any atom is -0.494 e. The number of rotatable bonds is 6. The largest absolute Gasteiger partial charge is 0.494 e. The zero-order valence-corrected chi connectivity index (χ0v) is 14.5. The Morgan fingerprint density at radius 2 is 1.75 bits per heavy atom. The van der Waals surface area contributed by atoms with Crippen LogP contribution in [0.2, 0.25) is 0 Å². The van der Waals surface area contributed by atoms with Gasteiger partial charge in [0.05, 0.1) is 17.1 Å². The van der Waals surface area contributed by atoms with Gasteiger partial charge in [0.15, 0.2) is 0 Å². The van der Waals surface area contributed by atoms with Crippen LogP contribution in [0.3, 0.4) is 0 Å². The number of benzene rings is 2. The number of sulfonamides is 1. The Morgan fingerprint density at radius 3 is 2.29 bits per heavy atom. The standard InChI is InChI=1S/C17H19NO5S/c1-4-23-15-10-16(12(3)9-11(15)2)24(21,22)18-14-7-5-13(6-8-14)17(19)20/h5-10,18H,4H2,1-3H3,(H,19,20). The fourth-order valence-corrected chi connectivity index (χ4v) is 3.61. The summed E-state index contributed by atoms with van der Waals surface area (Å²) >= 11 is 0. The molecule has 0 aliphatic heterocycles. The molecule has 2 rings (SSSR count). The zero-order valence-electron chi connectivity index (χ0n) is 13.7. The fraction of sp³-hybridized carbons (Fsp3) is 0.235. The topological polar surface area (TPSA) is 92.7 Å². The van der Waals surface area contributed by atoms with Crippen LogP contribution >= 0.6 is 0 Å². The van der Waals surface area contributed by atoms with E-state index < -0.39 is 16.0 Å². The van der Waals surface area contributed by atoms with Gasteiger partial charge in [-0.15, -0.1) is 0 Å². The van der Waals surface area contributed by atoms with Gasteiger partial charge in [0.25, 0.3) is 10.0 Å². The summed E-state index contributed by atoms with van der Waals surface area (Å²) in [5.74, 6) is -0.551. The number of carboxylic acids is 1. The zero-order chi connectivity index (χ0) is 17.9. The summed E-state index contributed by atoms with van der Waals surface area (Å²) in [5, 5.41) is 8.88. The number of carbonyl (C=O) groups is 1. The number of carboxylic acid groups (broad SMARTS) is 1. The molecule has 0 amide bonds. The second-order valence-corrected chi connectivity index (χ2v) is 6.96. The third-order valence-electron chi connectivity index (χ3n) is 3.45. The highest BCUT2D eigenvalue weighted by Gasteiger charge is 2.19. The van der Waals surface area contributed by atoms with Crippen LogP contribution in [0, 0.1) is 13.8 Å². The molecule has 0 unspecified atom stereocenters. The lowest BCUT2D eigenvalue weighted by Crippen LogP contribution is -2.15. The predicted octanol–water partition coefficient (Wildman–Crippen LogP) is 3.20. The van der Waals surface area contributed by atoms with Gasteiger partial charge in [-0.05, 0) is 56.2 Å². The highest BCUT2D eigenvalue weighted by molar-refractivity contribution is 7.92. The van der Waals surface area contributed by atoms with Crippen LogP contribution in [-0.2, 0) is 10.0 Å². The molecule has 0 saturated heterocycles. The minimum absolute atomic E-state index is 0.0862. The molecule has 128 valence electrons. The van der Waals surface area contributed by atoms with Crippen LogP contribution in [0.25, 0.3) is 0 Å². The molecule has 6 nitrogen and oxygen atoms in total. The summed E-state index contributed by atoms with van der Waals surface area (Å²) in [6.45, 7) is 5.83. The van der Waals surface area contributed by atoms with E-state index in [0.717, 1.165) is 5.56 Å². The highest BCUT2D eigenvalue weighted by Crippen LogP contribution is 2.27. The van der Waals surface area contributed by atoms with Crippen LogP contribution < -0.4 is 9.46 Å². The summed E-state index contributed by atoms with van der Waals surface area (Å²) < 4.78 is 33.2. The smallest absolute Gasteiger partial charge is 0.335 e. The molecule has 2 aromatic carbocycles. The molecular weight excluding hydrogens is 330 g/mol. The van der Waals surface area contributed by atoms with Gasteiger partial charge in [0.1, 0.15) is 5.75 Å². The molecule has 0 aliphatic rings. The first-order valence-electron chi connectivity index (χ1n) is 7.35. The van der Waals surface area contributed by atoms with E-state index in [0.29, 0.717) is 17.9 Å². The summed E-state index contributed by atoms with van der Waals surface area (Å²) in [5.41, 5.74) is 1.84. The Labute approximate surface area is 141 Å². The predicted molar refractivity (Wildman–Crippen MR) is 91.3 cm³/mol. The van der Waals surface area contributed by atoms with Crippen LogP contribution in [0.4, 0.5) is 5.69 Å². The van der Waals surface area contributed by atoms with E-state index in [1.807, 2.05) is 13.8 Å². The second kappa shape index (κ2) is 6.92. The number of aromatic carboxylic acids is 1. The molecule has 0 saturated carbocycles. The number of nitrogens with one attached hydrogen (secondary N) is 1. The summed E-state index contributed by atoms with van der Waals surface area (Å²) in [6.07, 6.45) is 0. The number of aryl methyl sites for hydroxylation is 2. The van der Waals surface area contributed by atoms with Crippen LogP contribution in [0.15, 0.2) is 41.3 Å². The van der Waals surface area contributed by atoms with Crippen molar-refractivity contribution in [3.8, 4) is 5.75 Å². The van der Waals surface area contributed by atoms with E-state index >= 15 is 0 Å². The Bertz CT molecular complexity index is 857. The normalized spacial score (nSPS) is 11.1. The Kier molecular flexibility index (Phi) is 5.14. The molecule has 0 atom stereocenters. The van der Waals surface area contributed by atoms with Gasteiger partial charge in [-0.25, -0.2) is 13.2 Å². The van der Waals surface area contributed by atoms with E-state index in [-0.39, 0.29) is 16.1 Å². The first-order chi connectivity index (χ1) is 11.2. The molecule has 7 heteroatoms. The van der Waals surface area contributed by atoms with Crippen molar-refractivity contribution < 1.29 is 23.1 Å². The molecule has 2 aromatic rings. The summed E-state index contributed by atoms with van der Waals surface area (Å²) in [6, 6.07) is 8.76. The molecule has 0 aliphatic carbocycles. The van der Waals surface area contributed by atoms with Crippen molar-refractivity contribution in [2.75, 3.05) is 11.3 Å². The molecule has 0 bridgehead atoms. The van der Waals surface area contributed by atoms with Crippen LogP contribution in [0.1, 0.15) is 28.4 Å². The van der Waals surface area contributed by atoms with Crippen molar-refractivity contribution in [2.24, 2.45) is 0 Å². The lowest BCUT2D eigenvalue weighted by atomic mass is 10.1. The maximum atomic E-state index is 12.6. The molecule has 0 spiro atoms. The van der Waals surface area contributed by atoms with Crippen molar-refractivity contribution in [1.29, 1.82) is 0 Å². The summed E-state index contributed by atoms with van der Waals surface area (Å²) in [7, 11) is -3.81. The number of hydrogen-bond donors (Lipinski definition) is 2. The molecule has 0 heterocycles. The Morgan fingerprint density at radius 1 is 1.12 bits per heavy atom. The third kappa shape index (κ3) is 3.86. The second-order valence-electron chi connectivity index (χ2n) is 5.30. The number of anilines is 1. The number of ether oxygens (including phenoxy) is 1. The van der Waals surface area contributed by atoms with Crippen molar-refractivity contribution >= 4 is 21.7 Å². The molecule has 0 fully saturated rings. The van der Waals surface area contributed by atoms with E-state index in [2.05, 4.69) is 4.72 Å². The van der Waals surface area contributed by atoms with Gasteiger partial charge in [0.2, 0.25) is 0 Å². The van der Waals surface area contributed by atoms with Crippen molar-refractivity contribution in [1.82, 2.24) is 0 Å². The van der Waals surface area contributed by atoms with Crippen LogP contribution in [0.5, 0.6) is 5.75 Å². The van der Waals surface area contributed by atoms with Gasteiger partial charge >= 0.3 is 5.97 Å². The van der Waals surface area contributed by atoms with Crippen molar-refractivity contribution in [2.45, 2.75) is 25.7 Å². The van der Waals surface area contributed by atoms with Crippen molar-refractivity contribution in [3.63, 3.8) is 0 Å². The molecule has 0 radical (unpaired) electrons. The maximum Gasteiger partial charge on any atom is 0.335 e. The van der Waals surface area contributed by atoms with Crippen LogP contribution in [-0.4, -0.2) is 26.1 Å². The van der Waals surface area contributed by atoms with E-state index in [4.69, 9.17) is 9.84 Å². The lowest BCUT2D eigenvalue weighted by molar-refractivity contribution is 0.0697. The summed E-state index contributed by atoms with van der Waals surface area (Å²) in [4.78, 5) is 11.0. The Balaban J connectivity index is 2.36. The van der Waals surface area contributed by atoms with Gasteiger partial charge in [-0.1, -0.05) is 6.07 Å². The number of hydrogen-bond acceptors (Lipinski definition) is 4. The SMILES string of the molecule is CCOc1cc(S(=O)(=O)Nc2ccc(C(=O)O)cc2)c(C)cc1C. The molecule has 0 aromatic heterocycles. The van der Waals surface area contributed by atoms with Gasteiger partial charge in [-0.2, -0.15) is 0 Å². The third-order valence-corrected chi connectivity index (χ3v) is 4.97. The minimum atomic E-state index is -3.81. The van der Waals surface area contributed by atoms with E-state index in [1.165, 1.54) is 30.3 Å². The first kappa shape index (κ1) is 17.8. The molecule has 24 heavy (non-hydrogen) atoms. The quantitative estimate of drug-likeness (QED) is 0.835. The molecular formula is C17H19NO5S. The van der Waals surface area contributed by atoms with E-state index in [1.54, 1.807) is 13.0 Å². The fourth-order valence-electron chi connectivity index (χ4n) is 2.31. The van der Waals surface area contributed by atoms with Crippen molar-refractivity contribution in [3.05, 3.63) is 53.1 Å².